The SMILES string of the molecule is Cc1ccc(C)c(-c2nn([C@H](C)C(=O)Nc3cc(C)on3)c(=O)c3ccccc23)c1. The van der Waals surface area contributed by atoms with Crippen LogP contribution >= 0.6 is 0 Å². The van der Waals surface area contributed by atoms with E-state index >= 15 is 0 Å². The van der Waals surface area contributed by atoms with Crippen molar-refractivity contribution in [3.63, 3.8) is 0 Å². The molecule has 2 aromatic carbocycles. The van der Waals surface area contributed by atoms with Crippen LogP contribution in [0.25, 0.3) is 22.0 Å². The summed E-state index contributed by atoms with van der Waals surface area (Å²) in [5.41, 5.74) is 3.41. The van der Waals surface area contributed by atoms with Crippen molar-refractivity contribution in [1.82, 2.24) is 14.9 Å². The largest absolute Gasteiger partial charge is 0.360 e. The summed E-state index contributed by atoms with van der Waals surface area (Å²) >= 11 is 0. The molecule has 1 N–H and O–H groups in total. The Morgan fingerprint density at radius 3 is 2.50 bits per heavy atom. The number of carbonyl (C=O) groups is 1. The van der Waals surface area contributed by atoms with Gasteiger partial charge in [-0.1, -0.05) is 41.1 Å². The van der Waals surface area contributed by atoms with Gasteiger partial charge in [0.15, 0.2) is 5.82 Å². The summed E-state index contributed by atoms with van der Waals surface area (Å²) < 4.78 is 6.22. The summed E-state index contributed by atoms with van der Waals surface area (Å²) in [5.74, 6) is 0.476. The van der Waals surface area contributed by atoms with Crippen molar-refractivity contribution in [3.05, 3.63) is 75.8 Å². The van der Waals surface area contributed by atoms with Crippen LogP contribution in [0.3, 0.4) is 0 Å². The predicted octanol–water partition coefficient (Wildman–Crippen LogP) is 4.18. The van der Waals surface area contributed by atoms with E-state index < -0.39 is 11.9 Å². The second kappa shape index (κ2) is 7.59. The number of rotatable bonds is 4. The van der Waals surface area contributed by atoms with Gasteiger partial charge >= 0.3 is 0 Å². The summed E-state index contributed by atoms with van der Waals surface area (Å²) in [6.07, 6.45) is 0. The van der Waals surface area contributed by atoms with Gasteiger partial charge in [-0.3, -0.25) is 9.59 Å². The fraction of sp³-hybridized carbons (Fsp3) is 0.217. The molecule has 0 bridgehead atoms. The van der Waals surface area contributed by atoms with Gasteiger partial charge in [0, 0.05) is 17.0 Å². The zero-order valence-corrected chi connectivity index (χ0v) is 17.3. The van der Waals surface area contributed by atoms with Gasteiger partial charge in [0.25, 0.3) is 5.56 Å². The van der Waals surface area contributed by atoms with Gasteiger partial charge in [-0.15, -0.1) is 0 Å². The number of hydrogen-bond donors (Lipinski definition) is 1. The summed E-state index contributed by atoms with van der Waals surface area (Å²) in [7, 11) is 0. The average molecular weight is 402 g/mol. The molecule has 0 spiro atoms. The van der Waals surface area contributed by atoms with Gasteiger partial charge in [-0.25, -0.2) is 4.68 Å². The van der Waals surface area contributed by atoms with Crippen LogP contribution in [0.1, 0.15) is 29.9 Å². The first-order valence-corrected chi connectivity index (χ1v) is 9.68. The van der Waals surface area contributed by atoms with E-state index in [0.29, 0.717) is 22.7 Å². The molecule has 1 amide bonds. The Labute approximate surface area is 173 Å². The lowest BCUT2D eigenvalue weighted by Gasteiger charge is -2.17. The second-order valence-electron chi connectivity index (χ2n) is 7.45. The number of amides is 1. The molecule has 1 atom stereocenters. The highest BCUT2D eigenvalue weighted by Gasteiger charge is 2.22. The van der Waals surface area contributed by atoms with Crippen molar-refractivity contribution in [3.8, 4) is 11.3 Å². The highest BCUT2D eigenvalue weighted by atomic mass is 16.5. The van der Waals surface area contributed by atoms with Crippen molar-refractivity contribution in [2.45, 2.75) is 33.7 Å². The molecule has 30 heavy (non-hydrogen) atoms. The predicted molar refractivity (Wildman–Crippen MR) is 115 cm³/mol. The van der Waals surface area contributed by atoms with E-state index in [-0.39, 0.29) is 5.56 Å². The van der Waals surface area contributed by atoms with E-state index in [1.807, 2.05) is 50.2 Å². The van der Waals surface area contributed by atoms with Crippen molar-refractivity contribution in [2.75, 3.05) is 5.32 Å². The van der Waals surface area contributed by atoms with Crippen LogP contribution in [0.5, 0.6) is 0 Å². The summed E-state index contributed by atoms with van der Waals surface area (Å²) in [6.45, 7) is 7.39. The number of aromatic nitrogens is 3. The molecule has 2 heterocycles. The minimum Gasteiger partial charge on any atom is -0.360 e. The highest BCUT2D eigenvalue weighted by molar-refractivity contribution is 5.96. The van der Waals surface area contributed by atoms with Crippen molar-refractivity contribution >= 4 is 22.5 Å². The van der Waals surface area contributed by atoms with Crippen molar-refractivity contribution < 1.29 is 9.32 Å². The number of carbonyl (C=O) groups excluding carboxylic acids is 1. The number of fused-ring (bicyclic) bond motifs is 1. The van der Waals surface area contributed by atoms with Crippen LogP contribution in [0.2, 0.25) is 0 Å². The van der Waals surface area contributed by atoms with E-state index in [1.54, 1.807) is 26.0 Å². The second-order valence-corrected chi connectivity index (χ2v) is 7.45. The van der Waals surface area contributed by atoms with Gasteiger partial charge in [0.05, 0.1) is 11.1 Å². The highest BCUT2D eigenvalue weighted by Crippen LogP contribution is 2.29. The van der Waals surface area contributed by atoms with Crippen molar-refractivity contribution in [2.24, 2.45) is 0 Å². The number of nitrogens with zero attached hydrogens (tertiary/aromatic N) is 3. The van der Waals surface area contributed by atoms with Gasteiger partial charge in [-0.05, 0) is 45.4 Å². The standard InChI is InChI=1S/C23H22N4O3/c1-13-9-10-14(2)19(11-13)21-17-7-5-6-8-18(17)23(29)27(25-21)16(4)22(28)24-20-12-15(3)30-26-20/h5-12,16H,1-4H3,(H,24,26,28)/t16-/m1/s1. The van der Waals surface area contributed by atoms with Crippen LogP contribution in [0, 0.1) is 20.8 Å². The van der Waals surface area contributed by atoms with Crippen LogP contribution in [0.15, 0.2) is 57.8 Å². The third-order valence-corrected chi connectivity index (χ3v) is 5.10. The van der Waals surface area contributed by atoms with Crippen LogP contribution in [0.4, 0.5) is 5.82 Å². The Morgan fingerprint density at radius 1 is 1.07 bits per heavy atom. The molecule has 0 saturated heterocycles. The van der Waals surface area contributed by atoms with Gasteiger partial charge in [0.2, 0.25) is 5.91 Å². The topological polar surface area (TPSA) is 90.0 Å². The molecule has 4 aromatic rings. The average Bonchev–Trinajstić information content (AvgIpc) is 3.14. The quantitative estimate of drug-likeness (QED) is 0.553. The molecular weight excluding hydrogens is 380 g/mol. The minimum atomic E-state index is -0.844. The van der Waals surface area contributed by atoms with Gasteiger partial charge < -0.3 is 9.84 Å². The molecule has 0 radical (unpaired) electrons. The molecule has 2 aromatic heterocycles. The molecule has 7 nitrogen and oxygen atoms in total. The Bertz CT molecular complexity index is 1320. The third kappa shape index (κ3) is 3.50. The summed E-state index contributed by atoms with van der Waals surface area (Å²) in [5, 5.41) is 12.4. The van der Waals surface area contributed by atoms with E-state index in [4.69, 9.17) is 4.52 Å². The first-order chi connectivity index (χ1) is 14.3. The Morgan fingerprint density at radius 2 is 1.80 bits per heavy atom. The van der Waals surface area contributed by atoms with E-state index in [9.17, 15) is 9.59 Å². The zero-order chi connectivity index (χ0) is 21.4. The summed E-state index contributed by atoms with van der Waals surface area (Å²) in [6, 6.07) is 14.2. The normalized spacial score (nSPS) is 12.1. The molecule has 0 saturated carbocycles. The smallest absolute Gasteiger partial charge is 0.275 e. The monoisotopic (exact) mass is 402 g/mol. The molecule has 0 fully saturated rings. The summed E-state index contributed by atoms with van der Waals surface area (Å²) in [4.78, 5) is 25.9. The fourth-order valence-corrected chi connectivity index (χ4v) is 3.43. The first-order valence-electron chi connectivity index (χ1n) is 9.68. The number of anilines is 1. The van der Waals surface area contributed by atoms with Crippen LogP contribution < -0.4 is 10.9 Å². The lowest BCUT2D eigenvalue weighted by Crippen LogP contribution is -2.34. The molecular formula is C23H22N4O3. The number of nitrogens with one attached hydrogen (secondary N) is 1. The van der Waals surface area contributed by atoms with E-state index in [1.165, 1.54) is 4.68 Å². The maximum absolute atomic E-state index is 13.2. The molecule has 0 aliphatic rings. The van der Waals surface area contributed by atoms with Crippen molar-refractivity contribution in [1.29, 1.82) is 0 Å². The maximum Gasteiger partial charge on any atom is 0.275 e. The zero-order valence-electron chi connectivity index (χ0n) is 17.3. The van der Waals surface area contributed by atoms with Gasteiger partial charge in [-0.2, -0.15) is 5.10 Å². The van der Waals surface area contributed by atoms with E-state index in [2.05, 4.69) is 15.6 Å². The lowest BCUT2D eigenvalue weighted by atomic mass is 9.99. The Balaban J connectivity index is 1.86. The molecule has 0 aliphatic carbocycles. The minimum absolute atomic E-state index is 0.299. The molecule has 4 rings (SSSR count). The Hall–Kier alpha value is -3.74. The number of benzene rings is 2. The third-order valence-electron chi connectivity index (χ3n) is 5.10. The molecule has 152 valence electrons. The molecule has 0 aliphatic heterocycles. The van der Waals surface area contributed by atoms with Gasteiger partial charge in [0.1, 0.15) is 11.8 Å². The molecule has 7 heteroatoms. The fourth-order valence-electron chi connectivity index (χ4n) is 3.43. The van der Waals surface area contributed by atoms with Crippen LogP contribution in [-0.4, -0.2) is 20.8 Å². The van der Waals surface area contributed by atoms with E-state index in [0.717, 1.165) is 22.1 Å². The maximum atomic E-state index is 13.2. The lowest BCUT2D eigenvalue weighted by molar-refractivity contribution is -0.119. The van der Waals surface area contributed by atoms with Crippen LogP contribution in [-0.2, 0) is 4.79 Å². The first kappa shape index (κ1) is 19.6. The number of aryl methyl sites for hydroxylation is 3. The molecule has 0 unspecified atom stereocenters. The Kier molecular flexibility index (Phi) is 4.95. The number of hydrogen-bond acceptors (Lipinski definition) is 5.